The fourth-order valence-electron chi connectivity index (χ4n) is 4.76. The Bertz CT molecular complexity index is 1320. The third kappa shape index (κ3) is 5.23. The maximum Gasteiger partial charge on any atom is 0.353 e. The first-order valence-electron chi connectivity index (χ1n) is 13.3. The summed E-state index contributed by atoms with van der Waals surface area (Å²) in [5.74, 6) is 0.132. The van der Waals surface area contributed by atoms with E-state index in [-0.39, 0.29) is 23.1 Å². The van der Waals surface area contributed by atoms with Crippen LogP contribution in [-0.2, 0) is 4.18 Å². The monoisotopic (exact) mass is 526 g/mol. The molecule has 0 bridgehead atoms. The van der Waals surface area contributed by atoms with E-state index in [1.54, 1.807) is 18.2 Å². The van der Waals surface area contributed by atoms with Crippen molar-refractivity contribution in [1.29, 1.82) is 0 Å². The molecule has 1 N–H and O–H groups in total. The number of phenols is 1. The molecule has 0 amide bonds. The van der Waals surface area contributed by atoms with Gasteiger partial charge in [0, 0.05) is 14.7 Å². The zero-order chi connectivity index (χ0) is 27.4. The predicted molar refractivity (Wildman–Crippen MR) is 158 cm³/mol. The number of aromatic hydroxyl groups is 1. The molecule has 0 atom stereocenters. The molecule has 0 aliphatic carbocycles. The summed E-state index contributed by atoms with van der Waals surface area (Å²) in [5.41, 5.74) is 3.82. The minimum Gasteiger partial charge on any atom is -0.507 e. The summed E-state index contributed by atoms with van der Waals surface area (Å²) < 4.78 is 6.83. The molecule has 4 aromatic rings. The number of hydrogen-bond donors (Lipinski definition) is 1. The normalized spacial score (nSPS) is 12.2. The van der Waals surface area contributed by atoms with Gasteiger partial charge in [0.05, 0.1) is 0 Å². The van der Waals surface area contributed by atoms with Crippen molar-refractivity contribution in [3.8, 4) is 5.75 Å². The van der Waals surface area contributed by atoms with Crippen molar-refractivity contribution < 1.29 is 14.1 Å². The standard InChI is InChI=1S/C34H38O3S/c1-23(2)26-21-30(24(3)4)33(31(22-26)25(5)6)38(27-15-9-7-10-16-27,28-17-11-8-12-18-28)37-34(36)29-19-13-14-20-32(29)35/h7-25,35H,1-6H3. The van der Waals surface area contributed by atoms with Gasteiger partial charge in [0.1, 0.15) is 11.3 Å². The first-order valence-corrected chi connectivity index (χ1v) is 14.9. The van der Waals surface area contributed by atoms with Crippen LogP contribution in [0.2, 0.25) is 0 Å². The van der Waals surface area contributed by atoms with Crippen molar-refractivity contribution in [1.82, 2.24) is 0 Å². The Morgan fingerprint density at radius 1 is 0.658 bits per heavy atom. The number of carbonyl (C=O) groups is 1. The van der Waals surface area contributed by atoms with E-state index in [0.717, 1.165) is 14.7 Å². The van der Waals surface area contributed by atoms with E-state index < -0.39 is 16.3 Å². The van der Waals surface area contributed by atoms with Gasteiger partial charge in [-0.3, -0.25) is 0 Å². The van der Waals surface area contributed by atoms with Crippen LogP contribution in [0.4, 0.5) is 0 Å². The van der Waals surface area contributed by atoms with Gasteiger partial charge in [-0.2, -0.15) is 0 Å². The van der Waals surface area contributed by atoms with Crippen LogP contribution in [0.25, 0.3) is 0 Å². The minimum atomic E-state index is -2.55. The number of rotatable bonds is 8. The van der Waals surface area contributed by atoms with E-state index in [9.17, 15) is 9.90 Å². The Labute approximate surface area is 229 Å². The van der Waals surface area contributed by atoms with Gasteiger partial charge in [0.2, 0.25) is 0 Å². The summed E-state index contributed by atoms with van der Waals surface area (Å²) in [6.07, 6.45) is 0. The quantitative estimate of drug-likeness (QED) is 0.248. The molecular weight excluding hydrogens is 488 g/mol. The molecule has 0 aromatic heterocycles. The number of benzene rings is 4. The van der Waals surface area contributed by atoms with E-state index in [2.05, 4.69) is 77.9 Å². The van der Waals surface area contributed by atoms with Crippen molar-refractivity contribution in [3.63, 3.8) is 0 Å². The molecule has 0 fully saturated rings. The smallest absolute Gasteiger partial charge is 0.353 e. The molecule has 0 spiro atoms. The Morgan fingerprint density at radius 3 is 1.53 bits per heavy atom. The lowest BCUT2D eigenvalue weighted by atomic mass is 9.89. The Morgan fingerprint density at radius 2 is 1.11 bits per heavy atom. The van der Waals surface area contributed by atoms with Crippen molar-refractivity contribution in [2.75, 3.05) is 0 Å². The largest absolute Gasteiger partial charge is 0.507 e. The van der Waals surface area contributed by atoms with Crippen molar-refractivity contribution >= 4 is 16.3 Å². The van der Waals surface area contributed by atoms with E-state index in [1.165, 1.54) is 22.8 Å². The summed E-state index contributed by atoms with van der Waals surface area (Å²) >= 11 is 0. The molecule has 0 aliphatic heterocycles. The first-order chi connectivity index (χ1) is 18.2. The number of hydrogen-bond acceptors (Lipinski definition) is 3. The molecule has 4 rings (SSSR count). The molecule has 3 nitrogen and oxygen atoms in total. The van der Waals surface area contributed by atoms with Crippen LogP contribution in [0.1, 0.15) is 86.3 Å². The Hall–Kier alpha value is -3.50. The van der Waals surface area contributed by atoms with Gasteiger partial charge in [-0.25, -0.2) is 4.79 Å². The van der Waals surface area contributed by atoms with Gasteiger partial charge >= 0.3 is 5.97 Å². The average Bonchev–Trinajstić information content (AvgIpc) is 2.92. The SMILES string of the molecule is CC(C)c1cc(C(C)C)c(S(OC(=O)c2ccccc2O)(c2ccccc2)c2ccccc2)c(C(C)C)c1. The van der Waals surface area contributed by atoms with Gasteiger partial charge in [-0.05, 0) is 81.2 Å². The molecule has 4 heteroatoms. The molecule has 0 saturated heterocycles. The second-order valence-corrected chi connectivity index (χ2v) is 13.2. The maximum atomic E-state index is 14.0. The maximum absolute atomic E-state index is 14.0. The third-order valence-corrected chi connectivity index (χ3v) is 10.2. The van der Waals surface area contributed by atoms with Gasteiger partial charge in [-0.15, -0.1) is 0 Å². The van der Waals surface area contributed by atoms with Gasteiger partial charge in [0.15, 0.2) is 0 Å². The Kier molecular flexibility index (Phi) is 8.32. The van der Waals surface area contributed by atoms with E-state index in [1.807, 2.05) is 36.4 Å². The average molecular weight is 527 g/mol. The van der Waals surface area contributed by atoms with E-state index in [4.69, 9.17) is 4.18 Å². The molecule has 0 aliphatic rings. The number of para-hydroxylation sites is 1. The van der Waals surface area contributed by atoms with Crippen LogP contribution in [0.5, 0.6) is 5.75 Å². The second-order valence-electron chi connectivity index (χ2n) is 10.6. The molecule has 4 aromatic carbocycles. The summed E-state index contributed by atoms with van der Waals surface area (Å²) in [4.78, 5) is 16.9. The van der Waals surface area contributed by atoms with Crippen molar-refractivity contribution in [2.24, 2.45) is 0 Å². The van der Waals surface area contributed by atoms with Crippen LogP contribution in [0, 0.1) is 0 Å². The number of carbonyl (C=O) groups excluding carboxylic acids is 1. The van der Waals surface area contributed by atoms with E-state index in [0.29, 0.717) is 5.92 Å². The molecule has 38 heavy (non-hydrogen) atoms. The summed E-state index contributed by atoms with van der Waals surface area (Å²) in [6.45, 7) is 13.3. The molecule has 0 saturated carbocycles. The molecule has 198 valence electrons. The fourth-order valence-corrected chi connectivity index (χ4v) is 8.43. The molecule has 0 heterocycles. The molecule has 0 unspecified atom stereocenters. The Balaban J connectivity index is 2.17. The van der Waals surface area contributed by atoms with Crippen LogP contribution < -0.4 is 0 Å². The lowest BCUT2D eigenvalue weighted by Gasteiger charge is -2.43. The summed E-state index contributed by atoms with van der Waals surface area (Å²) in [7, 11) is -2.55. The van der Waals surface area contributed by atoms with E-state index >= 15 is 0 Å². The fraction of sp³-hybridized carbons (Fsp3) is 0.265. The zero-order valence-corrected chi connectivity index (χ0v) is 24.0. The highest BCUT2D eigenvalue weighted by atomic mass is 32.3. The molecular formula is C34H38O3S. The predicted octanol–water partition coefficient (Wildman–Crippen LogP) is 9.82. The van der Waals surface area contributed by atoms with Gasteiger partial charge in [0.25, 0.3) is 0 Å². The van der Waals surface area contributed by atoms with Crippen LogP contribution in [0.15, 0.2) is 112 Å². The lowest BCUT2D eigenvalue weighted by molar-refractivity contribution is 0.0754. The van der Waals surface area contributed by atoms with Crippen LogP contribution in [-0.4, -0.2) is 11.1 Å². The summed E-state index contributed by atoms with van der Waals surface area (Å²) in [5, 5.41) is 10.6. The zero-order valence-electron chi connectivity index (χ0n) is 23.1. The third-order valence-electron chi connectivity index (χ3n) is 6.84. The highest BCUT2D eigenvalue weighted by molar-refractivity contribution is 8.30. The number of phenolic OH excluding ortho intramolecular Hbond substituents is 1. The second kappa shape index (κ2) is 11.5. The lowest BCUT2D eigenvalue weighted by Crippen LogP contribution is -2.18. The minimum absolute atomic E-state index is 0.0877. The highest BCUT2D eigenvalue weighted by Crippen LogP contribution is 2.72. The van der Waals surface area contributed by atoms with Crippen LogP contribution in [0.3, 0.4) is 0 Å². The summed E-state index contributed by atoms with van der Waals surface area (Å²) in [6, 6.07) is 31.4. The van der Waals surface area contributed by atoms with Gasteiger partial charge < -0.3 is 9.29 Å². The highest BCUT2D eigenvalue weighted by Gasteiger charge is 2.41. The van der Waals surface area contributed by atoms with Crippen molar-refractivity contribution in [3.05, 3.63) is 119 Å². The first kappa shape index (κ1) is 27.5. The topological polar surface area (TPSA) is 46.5 Å². The van der Waals surface area contributed by atoms with Gasteiger partial charge in [-0.1, -0.05) is 102 Å². The van der Waals surface area contributed by atoms with Crippen LogP contribution >= 0.6 is 10.3 Å². The molecule has 0 radical (unpaired) electrons. The van der Waals surface area contributed by atoms with Crippen molar-refractivity contribution in [2.45, 2.75) is 74.0 Å².